The van der Waals surface area contributed by atoms with Crippen molar-refractivity contribution in [1.29, 1.82) is 0 Å². The third-order valence-electron chi connectivity index (χ3n) is 3.78. The van der Waals surface area contributed by atoms with E-state index in [1.807, 2.05) is 37.3 Å². The van der Waals surface area contributed by atoms with Gasteiger partial charge in [0.25, 0.3) is 0 Å². The van der Waals surface area contributed by atoms with E-state index in [4.69, 9.17) is 0 Å². The van der Waals surface area contributed by atoms with Crippen LogP contribution in [0.4, 0.5) is 5.69 Å². The number of para-hydroxylation sites is 1. The topological polar surface area (TPSA) is 54.0 Å². The molecule has 0 fully saturated rings. The molecular formula is C17H19N3O. The number of amides is 1. The Morgan fingerprint density at radius 2 is 2.14 bits per heavy atom. The third kappa shape index (κ3) is 3.21. The molecule has 3 rings (SSSR count). The number of hydrogen-bond donors (Lipinski definition) is 2. The average molecular weight is 281 g/mol. The van der Waals surface area contributed by atoms with E-state index in [1.165, 1.54) is 5.56 Å². The Bertz CT molecular complexity index is 654. The molecular weight excluding hydrogens is 262 g/mol. The van der Waals surface area contributed by atoms with Crippen LogP contribution < -0.4 is 10.6 Å². The molecule has 2 N–H and O–H groups in total. The van der Waals surface area contributed by atoms with Crippen LogP contribution in [0.1, 0.15) is 29.3 Å². The van der Waals surface area contributed by atoms with Gasteiger partial charge in [-0.05, 0) is 30.7 Å². The second-order valence-electron chi connectivity index (χ2n) is 5.42. The van der Waals surface area contributed by atoms with E-state index in [0.29, 0.717) is 13.0 Å². The van der Waals surface area contributed by atoms with Gasteiger partial charge in [-0.15, -0.1) is 0 Å². The van der Waals surface area contributed by atoms with E-state index in [9.17, 15) is 4.79 Å². The number of aromatic nitrogens is 1. The summed E-state index contributed by atoms with van der Waals surface area (Å²) in [5, 5.41) is 6.30. The molecule has 1 aromatic heterocycles. The molecule has 2 aromatic rings. The molecule has 21 heavy (non-hydrogen) atoms. The molecule has 108 valence electrons. The Morgan fingerprint density at radius 1 is 1.29 bits per heavy atom. The lowest BCUT2D eigenvalue weighted by molar-refractivity contribution is -0.121. The summed E-state index contributed by atoms with van der Waals surface area (Å²) in [6.45, 7) is 3.27. The number of rotatable bonds is 4. The van der Waals surface area contributed by atoms with Crippen LogP contribution in [0.25, 0.3) is 0 Å². The van der Waals surface area contributed by atoms with Gasteiger partial charge in [0.15, 0.2) is 0 Å². The lowest BCUT2D eigenvalue weighted by atomic mass is 9.97. The fourth-order valence-corrected chi connectivity index (χ4v) is 2.72. The van der Waals surface area contributed by atoms with E-state index in [1.54, 1.807) is 0 Å². The lowest BCUT2D eigenvalue weighted by Gasteiger charge is -2.10. The van der Waals surface area contributed by atoms with Gasteiger partial charge in [-0.1, -0.05) is 24.3 Å². The molecule has 1 aliphatic heterocycles. The van der Waals surface area contributed by atoms with Crippen molar-refractivity contribution < 1.29 is 4.79 Å². The third-order valence-corrected chi connectivity index (χ3v) is 3.78. The number of nitrogens with zero attached hydrogens (tertiary/aromatic N) is 1. The Kier molecular flexibility index (Phi) is 3.86. The number of aryl methyl sites for hydroxylation is 1. The summed E-state index contributed by atoms with van der Waals surface area (Å²) in [4.78, 5) is 16.5. The zero-order valence-corrected chi connectivity index (χ0v) is 12.1. The molecule has 1 unspecified atom stereocenters. The summed E-state index contributed by atoms with van der Waals surface area (Å²) < 4.78 is 0. The quantitative estimate of drug-likeness (QED) is 0.905. The Hall–Kier alpha value is -2.36. The molecule has 0 radical (unpaired) electrons. The monoisotopic (exact) mass is 281 g/mol. The van der Waals surface area contributed by atoms with E-state index < -0.39 is 0 Å². The normalized spacial score (nSPS) is 16.1. The van der Waals surface area contributed by atoms with Gasteiger partial charge in [0.05, 0.1) is 12.2 Å². The van der Waals surface area contributed by atoms with Crippen molar-refractivity contribution in [3.63, 3.8) is 0 Å². The van der Waals surface area contributed by atoms with Gasteiger partial charge in [-0.3, -0.25) is 9.78 Å². The fourth-order valence-electron chi connectivity index (χ4n) is 2.72. The highest BCUT2D eigenvalue weighted by molar-refractivity contribution is 5.78. The number of nitrogens with one attached hydrogen (secondary N) is 2. The summed E-state index contributed by atoms with van der Waals surface area (Å²) in [6, 6.07) is 14.0. The summed E-state index contributed by atoms with van der Waals surface area (Å²) >= 11 is 0. The first-order chi connectivity index (χ1) is 10.2. The summed E-state index contributed by atoms with van der Waals surface area (Å²) in [5.74, 6) is 0.327. The first-order valence-corrected chi connectivity index (χ1v) is 7.24. The maximum absolute atomic E-state index is 12.1. The van der Waals surface area contributed by atoms with Gasteiger partial charge < -0.3 is 10.6 Å². The van der Waals surface area contributed by atoms with Crippen molar-refractivity contribution in [2.45, 2.75) is 25.8 Å². The van der Waals surface area contributed by atoms with Crippen molar-refractivity contribution in [1.82, 2.24) is 10.3 Å². The Labute approximate surface area is 124 Å². The first kappa shape index (κ1) is 13.6. The largest absolute Gasteiger partial charge is 0.384 e. The van der Waals surface area contributed by atoms with Gasteiger partial charge in [-0.25, -0.2) is 0 Å². The van der Waals surface area contributed by atoms with Crippen molar-refractivity contribution in [3.05, 3.63) is 59.4 Å². The molecule has 4 heteroatoms. The lowest BCUT2D eigenvalue weighted by Crippen LogP contribution is -2.25. The Balaban J connectivity index is 1.56. The zero-order valence-electron chi connectivity index (χ0n) is 12.1. The number of carbonyl (C=O) groups is 1. The minimum Gasteiger partial charge on any atom is -0.384 e. The SMILES string of the molecule is Cc1cccc(CNC(=O)CC2CNc3ccccc32)n1. The van der Waals surface area contributed by atoms with Crippen LogP contribution in [0.2, 0.25) is 0 Å². The summed E-state index contributed by atoms with van der Waals surface area (Å²) in [6.07, 6.45) is 0.510. The van der Waals surface area contributed by atoms with Gasteiger partial charge in [0, 0.05) is 30.3 Å². The van der Waals surface area contributed by atoms with Crippen LogP contribution in [0.3, 0.4) is 0 Å². The van der Waals surface area contributed by atoms with E-state index in [2.05, 4.69) is 27.8 Å². The molecule has 2 heterocycles. The highest BCUT2D eigenvalue weighted by atomic mass is 16.1. The minimum absolute atomic E-state index is 0.0711. The van der Waals surface area contributed by atoms with Crippen LogP contribution in [0, 0.1) is 6.92 Å². The van der Waals surface area contributed by atoms with Crippen LogP contribution >= 0.6 is 0 Å². The molecule has 0 saturated heterocycles. The van der Waals surface area contributed by atoms with E-state index in [0.717, 1.165) is 23.6 Å². The van der Waals surface area contributed by atoms with Gasteiger partial charge in [0.2, 0.25) is 5.91 Å². The highest BCUT2D eigenvalue weighted by Crippen LogP contribution is 2.32. The number of carbonyl (C=O) groups excluding carboxylic acids is 1. The van der Waals surface area contributed by atoms with Crippen molar-refractivity contribution in [3.8, 4) is 0 Å². The first-order valence-electron chi connectivity index (χ1n) is 7.24. The molecule has 0 bridgehead atoms. The van der Waals surface area contributed by atoms with Gasteiger partial charge >= 0.3 is 0 Å². The van der Waals surface area contributed by atoms with Crippen LogP contribution in [0.5, 0.6) is 0 Å². The number of pyridine rings is 1. The van der Waals surface area contributed by atoms with Crippen LogP contribution in [-0.4, -0.2) is 17.4 Å². The predicted octanol–water partition coefficient (Wildman–Crippen LogP) is 2.61. The standard InChI is InChI=1S/C17H19N3O/c1-12-5-4-6-14(20-12)11-19-17(21)9-13-10-18-16-8-3-2-7-15(13)16/h2-8,13,18H,9-11H2,1H3,(H,19,21). The smallest absolute Gasteiger partial charge is 0.221 e. The number of benzene rings is 1. The van der Waals surface area contributed by atoms with Crippen LogP contribution in [-0.2, 0) is 11.3 Å². The number of anilines is 1. The summed E-state index contributed by atoms with van der Waals surface area (Å²) in [7, 11) is 0. The van der Waals surface area contributed by atoms with Crippen molar-refractivity contribution in [2.24, 2.45) is 0 Å². The molecule has 0 aliphatic carbocycles. The average Bonchev–Trinajstić information content (AvgIpc) is 2.89. The van der Waals surface area contributed by atoms with Crippen molar-refractivity contribution >= 4 is 11.6 Å². The number of hydrogen-bond acceptors (Lipinski definition) is 3. The van der Waals surface area contributed by atoms with Crippen LogP contribution in [0.15, 0.2) is 42.5 Å². The van der Waals surface area contributed by atoms with Gasteiger partial charge in [-0.2, -0.15) is 0 Å². The molecule has 1 aromatic carbocycles. The maximum atomic E-state index is 12.1. The Morgan fingerprint density at radius 3 is 3.00 bits per heavy atom. The molecule has 1 aliphatic rings. The summed E-state index contributed by atoms with van der Waals surface area (Å²) in [5.41, 5.74) is 4.25. The molecule has 1 atom stereocenters. The molecule has 0 saturated carbocycles. The fraction of sp³-hybridized carbons (Fsp3) is 0.294. The molecule has 1 amide bonds. The maximum Gasteiger partial charge on any atom is 0.221 e. The molecule has 4 nitrogen and oxygen atoms in total. The minimum atomic E-state index is 0.0711. The van der Waals surface area contributed by atoms with E-state index >= 15 is 0 Å². The second kappa shape index (κ2) is 5.95. The van der Waals surface area contributed by atoms with E-state index in [-0.39, 0.29) is 11.8 Å². The van der Waals surface area contributed by atoms with Gasteiger partial charge in [0.1, 0.15) is 0 Å². The second-order valence-corrected chi connectivity index (χ2v) is 5.42. The number of fused-ring (bicyclic) bond motifs is 1. The van der Waals surface area contributed by atoms with Crippen molar-refractivity contribution in [2.75, 3.05) is 11.9 Å². The predicted molar refractivity (Wildman–Crippen MR) is 83.1 cm³/mol. The molecule has 0 spiro atoms. The zero-order chi connectivity index (χ0) is 14.7. The highest BCUT2D eigenvalue weighted by Gasteiger charge is 2.23.